The summed E-state index contributed by atoms with van der Waals surface area (Å²) in [7, 11) is 0. The summed E-state index contributed by atoms with van der Waals surface area (Å²) in [6, 6.07) is 11.7. The summed E-state index contributed by atoms with van der Waals surface area (Å²) in [6.07, 6.45) is 3.39. The smallest absolute Gasteiger partial charge is 0.344 e. The lowest BCUT2D eigenvalue weighted by molar-refractivity contribution is -0.147. The SMILES string of the molecule is O=C(COc1ccc2c(c1)CCC2)OCc1cc(-c2cccs2)on1. The summed E-state index contributed by atoms with van der Waals surface area (Å²) in [5.41, 5.74) is 3.27. The van der Waals surface area contributed by atoms with Gasteiger partial charge >= 0.3 is 5.97 Å². The molecule has 1 aliphatic rings. The predicted molar refractivity (Wildman–Crippen MR) is 93.6 cm³/mol. The molecule has 3 aromatic rings. The molecule has 0 spiro atoms. The first-order valence-electron chi connectivity index (χ1n) is 8.17. The normalized spacial score (nSPS) is 12.8. The number of hydrogen-bond acceptors (Lipinski definition) is 6. The predicted octanol–water partition coefficient (Wildman–Crippen LogP) is 4.01. The Labute approximate surface area is 149 Å². The van der Waals surface area contributed by atoms with Crippen LogP contribution in [0.15, 0.2) is 46.3 Å². The molecular formula is C19H17NO4S. The van der Waals surface area contributed by atoms with E-state index in [9.17, 15) is 4.79 Å². The third-order valence-corrected chi connectivity index (χ3v) is 5.02. The van der Waals surface area contributed by atoms with Crippen molar-refractivity contribution < 1.29 is 18.8 Å². The second kappa shape index (κ2) is 7.11. The summed E-state index contributed by atoms with van der Waals surface area (Å²) in [5, 5.41) is 5.88. The second-order valence-corrected chi connectivity index (χ2v) is 6.84. The molecule has 2 heterocycles. The van der Waals surface area contributed by atoms with Crippen molar-refractivity contribution in [1.82, 2.24) is 5.16 Å². The molecule has 0 saturated carbocycles. The van der Waals surface area contributed by atoms with Crippen LogP contribution in [0.5, 0.6) is 5.75 Å². The van der Waals surface area contributed by atoms with E-state index in [0.29, 0.717) is 17.2 Å². The first kappa shape index (κ1) is 15.9. The van der Waals surface area contributed by atoms with E-state index in [-0.39, 0.29) is 13.2 Å². The Morgan fingerprint density at radius 3 is 3.00 bits per heavy atom. The maximum Gasteiger partial charge on any atom is 0.344 e. The van der Waals surface area contributed by atoms with E-state index >= 15 is 0 Å². The summed E-state index contributed by atoms with van der Waals surface area (Å²) in [4.78, 5) is 12.8. The molecule has 0 radical (unpaired) electrons. The number of fused-ring (bicyclic) bond motifs is 1. The van der Waals surface area contributed by atoms with Gasteiger partial charge in [-0.1, -0.05) is 17.3 Å². The molecule has 0 aliphatic heterocycles. The molecule has 6 heteroatoms. The Hall–Kier alpha value is -2.60. The fourth-order valence-electron chi connectivity index (χ4n) is 2.89. The van der Waals surface area contributed by atoms with Crippen LogP contribution >= 0.6 is 11.3 Å². The van der Waals surface area contributed by atoms with Gasteiger partial charge in [0.15, 0.2) is 12.4 Å². The van der Waals surface area contributed by atoms with Crippen LogP contribution in [0, 0.1) is 0 Å². The lowest BCUT2D eigenvalue weighted by Crippen LogP contribution is -2.14. The van der Waals surface area contributed by atoms with Crippen LogP contribution in [0.3, 0.4) is 0 Å². The number of carbonyl (C=O) groups is 1. The molecule has 25 heavy (non-hydrogen) atoms. The van der Waals surface area contributed by atoms with Crippen LogP contribution in [-0.2, 0) is 29.0 Å². The number of ether oxygens (including phenoxy) is 2. The molecular weight excluding hydrogens is 338 g/mol. The highest BCUT2D eigenvalue weighted by molar-refractivity contribution is 7.13. The van der Waals surface area contributed by atoms with Crippen molar-refractivity contribution in [3.05, 3.63) is 58.6 Å². The fourth-order valence-corrected chi connectivity index (χ4v) is 3.56. The van der Waals surface area contributed by atoms with Gasteiger partial charge in [-0.25, -0.2) is 4.79 Å². The van der Waals surface area contributed by atoms with Crippen LogP contribution < -0.4 is 4.74 Å². The molecule has 128 valence electrons. The Bertz CT molecular complexity index is 869. The maximum atomic E-state index is 11.9. The van der Waals surface area contributed by atoms with E-state index in [2.05, 4.69) is 11.2 Å². The first-order valence-corrected chi connectivity index (χ1v) is 9.05. The number of thiophene rings is 1. The quantitative estimate of drug-likeness (QED) is 0.625. The summed E-state index contributed by atoms with van der Waals surface area (Å²) < 4.78 is 16.0. The summed E-state index contributed by atoms with van der Waals surface area (Å²) in [5.74, 6) is 0.954. The average Bonchev–Trinajstić information content (AvgIpc) is 3.38. The van der Waals surface area contributed by atoms with Gasteiger partial charge in [0.05, 0.1) is 4.88 Å². The third kappa shape index (κ3) is 3.74. The van der Waals surface area contributed by atoms with Crippen LogP contribution in [-0.4, -0.2) is 17.7 Å². The Morgan fingerprint density at radius 2 is 2.12 bits per heavy atom. The van der Waals surface area contributed by atoms with Gasteiger partial charge < -0.3 is 14.0 Å². The van der Waals surface area contributed by atoms with Crippen LogP contribution in [0.4, 0.5) is 0 Å². The van der Waals surface area contributed by atoms with E-state index in [1.54, 1.807) is 17.4 Å². The largest absolute Gasteiger partial charge is 0.482 e. The van der Waals surface area contributed by atoms with Crippen molar-refractivity contribution in [2.75, 3.05) is 6.61 Å². The minimum Gasteiger partial charge on any atom is -0.482 e. The van der Waals surface area contributed by atoms with Crippen molar-refractivity contribution >= 4 is 17.3 Å². The van der Waals surface area contributed by atoms with Crippen molar-refractivity contribution in [1.29, 1.82) is 0 Å². The number of rotatable bonds is 6. The van der Waals surface area contributed by atoms with E-state index in [1.165, 1.54) is 17.5 Å². The third-order valence-electron chi connectivity index (χ3n) is 4.13. The van der Waals surface area contributed by atoms with Crippen molar-refractivity contribution in [2.24, 2.45) is 0 Å². The molecule has 5 nitrogen and oxygen atoms in total. The Balaban J connectivity index is 1.27. The van der Waals surface area contributed by atoms with E-state index < -0.39 is 5.97 Å². The van der Waals surface area contributed by atoms with E-state index in [1.807, 2.05) is 29.6 Å². The molecule has 1 aromatic carbocycles. The topological polar surface area (TPSA) is 61.6 Å². The molecule has 1 aliphatic carbocycles. The van der Waals surface area contributed by atoms with E-state index in [4.69, 9.17) is 14.0 Å². The lowest BCUT2D eigenvalue weighted by Gasteiger charge is -2.07. The average molecular weight is 355 g/mol. The molecule has 0 atom stereocenters. The lowest BCUT2D eigenvalue weighted by atomic mass is 10.1. The van der Waals surface area contributed by atoms with Gasteiger partial charge in [0.2, 0.25) is 0 Å². The molecule has 0 fully saturated rings. The van der Waals surface area contributed by atoms with Crippen molar-refractivity contribution in [3.63, 3.8) is 0 Å². The zero-order valence-electron chi connectivity index (χ0n) is 13.6. The number of aryl methyl sites for hydroxylation is 2. The highest BCUT2D eigenvalue weighted by Crippen LogP contribution is 2.26. The number of hydrogen-bond donors (Lipinski definition) is 0. The van der Waals surface area contributed by atoms with Crippen LogP contribution in [0.25, 0.3) is 10.6 Å². The summed E-state index contributed by atoms with van der Waals surface area (Å²) in [6.45, 7) is -0.0460. The first-order chi connectivity index (χ1) is 12.3. The van der Waals surface area contributed by atoms with Gasteiger partial charge in [-0.05, 0) is 54.0 Å². The van der Waals surface area contributed by atoms with Gasteiger partial charge in [-0.2, -0.15) is 0 Å². The summed E-state index contributed by atoms with van der Waals surface area (Å²) >= 11 is 1.57. The van der Waals surface area contributed by atoms with Crippen molar-refractivity contribution in [2.45, 2.75) is 25.9 Å². The number of nitrogens with zero attached hydrogens (tertiary/aromatic N) is 1. The number of aromatic nitrogens is 1. The molecule has 4 rings (SSSR count). The van der Waals surface area contributed by atoms with Gasteiger partial charge in [0.25, 0.3) is 0 Å². The van der Waals surface area contributed by atoms with Gasteiger partial charge in [-0.3, -0.25) is 0 Å². The zero-order chi connectivity index (χ0) is 17.1. The molecule has 0 saturated heterocycles. The molecule has 2 aromatic heterocycles. The Morgan fingerprint density at radius 1 is 1.20 bits per heavy atom. The number of benzene rings is 1. The van der Waals surface area contributed by atoms with Gasteiger partial charge in [0.1, 0.15) is 18.1 Å². The standard InChI is InChI=1S/C19H17NO4S/c21-19(12-22-16-7-6-13-3-1-4-14(13)9-16)23-11-15-10-17(24-20-15)18-5-2-8-25-18/h2,5-10H,1,3-4,11-12H2. The minimum absolute atomic E-state index is 0.0707. The van der Waals surface area contributed by atoms with Crippen LogP contribution in [0.2, 0.25) is 0 Å². The fraction of sp³-hybridized carbons (Fsp3) is 0.263. The Kier molecular flexibility index (Phi) is 4.52. The molecule has 0 bridgehead atoms. The zero-order valence-corrected chi connectivity index (χ0v) is 14.4. The van der Waals surface area contributed by atoms with Crippen molar-refractivity contribution in [3.8, 4) is 16.4 Å². The maximum absolute atomic E-state index is 11.9. The van der Waals surface area contributed by atoms with Crippen LogP contribution in [0.1, 0.15) is 23.2 Å². The van der Waals surface area contributed by atoms with Gasteiger partial charge in [0, 0.05) is 6.07 Å². The molecule has 0 unspecified atom stereocenters. The molecule has 0 N–H and O–H groups in total. The highest BCUT2D eigenvalue weighted by Gasteiger charge is 2.13. The van der Waals surface area contributed by atoms with E-state index in [0.717, 1.165) is 17.7 Å². The minimum atomic E-state index is -0.429. The molecule has 0 amide bonds. The van der Waals surface area contributed by atoms with Gasteiger partial charge in [-0.15, -0.1) is 11.3 Å². The second-order valence-electron chi connectivity index (χ2n) is 5.89. The highest BCUT2D eigenvalue weighted by atomic mass is 32.1. The number of carbonyl (C=O) groups excluding carboxylic acids is 1. The number of esters is 1. The monoisotopic (exact) mass is 355 g/mol.